The second-order valence-corrected chi connectivity index (χ2v) is 7.94. The number of benzene rings is 2. The van der Waals surface area contributed by atoms with Crippen molar-refractivity contribution in [3.05, 3.63) is 53.3 Å². The van der Waals surface area contributed by atoms with Gasteiger partial charge in [0.2, 0.25) is 0 Å². The summed E-state index contributed by atoms with van der Waals surface area (Å²) in [6.07, 6.45) is 0.791. The highest BCUT2D eigenvalue weighted by Gasteiger charge is 2.21. The average molecular weight is 422 g/mol. The molecule has 0 spiro atoms. The molecular weight excluding hydrogens is 401 g/mol. The van der Waals surface area contributed by atoms with Crippen molar-refractivity contribution in [1.82, 2.24) is 9.88 Å². The number of nitrogens with zero attached hydrogens (tertiary/aromatic N) is 3. The van der Waals surface area contributed by atoms with E-state index in [1.165, 1.54) is 35.6 Å². The molecule has 0 aliphatic heterocycles. The quantitative estimate of drug-likeness (QED) is 0.539. The molecule has 0 aliphatic rings. The van der Waals surface area contributed by atoms with Crippen LogP contribution < -0.4 is 9.64 Å². The van der Waals surface area contributed by atoms with Crippen LogP contribution in [0.3, 0.4) is 0 Å². The predicted octanol–water partition coefficient (Wildman–Crippen LogP) is 4.45. The van der Waals surface area contributed by atoms with Crippen molar-refractivity contribution < 1.29 is 13.9 Å². The van der Waals surface area contributed by atoms with Gasteiger partial charge in [-0.2, -0.15) is 0 Å². The number of ether oxygens (including phenoxy) is 1. The number of carbonyl (C=O) groups excluding carboxylic acids is 1. The Balaban J connectivity index is 1.77. The predicted molar refractivity (Wildman–Crippen MR) is 112 cm³/mol. The Kier molecular flexibility index (Phi) is 6.83. The Labute approximate surface area is 172 Å². The lowest BCUT2D eigenvalue weighted by molar-refractivity contribution is -0.120. The molecule has 28 heavy (non-hydrogen) atoms. The van der Waals surface area contributed by atoms with Gasteiger partial charge < -0.3 is 9.64 Å². The van der Waals surface area contributed by atoms with E-state index in [2.05, 4.69) is 9.88 Å². The van der Waals surface area contributed by atoms with E-state index in [1.807, 2.05) is 26.2 Å². The first-order valence-electron chi connectivity index (χ1n) is 8.82. The van der Waals surface area contributed by atoms with Gasteiger partial charge in [-0.15, -0.1) is 0 Å². The molecule has 0 bridgehead atoms. The van der Waals surface area contributed by atoms with E-state index in [4.69, 9.17) is 16.3 Å². The molecule has 1 heterocycles. The van der Waals surface area contributed by atoms with E-state index in [0.29, 0.717) is 28.0 Å². The van der Waals surface area contributed by atoms with E-state index in [-0.39, 0.29) is 18.3 Å². The van der Waals surface area contributed by atoms with E-state index in [1.54, 1.807) is 11.0 Å². The standard InChI is InChI=1S/C20H21ClFN3O2S/c1-24(2)11-4-12-25(18(26)13-27-15-9-7-14(22)8-10-15)20-23-19-16(21)5-3-6-17(19)28-20/h3,5-10H,4,11-13H2,1-2H3. The van der Waals surface area contributed by atoms with Crippen molar-refractivity contribution in [2.45, 2.75) is 6.42 Å². The minimum atomic E-state index is -0.352. The highest BCUT2D eigenvalue weighted by Crippen LogP contribution is 2.33. The van der Waals surface area contributed by atoms with Crippen molar-refractivity contribution in [3.63, 3.8) is 0 Å². The zero-order chi connectivity index (χ0) is 20.1. The second kappa shape index (κ2) is 9.32. The maximum atomic E-state index is 13.0. The van der Waals surface area contributed by atoms with Crippen molar-refractivity contribution >= 4 is 44.2 Å². The fourth-order valence-electron chi connectivity index (χ4n) is 2.64. The summed E-state index contributed by atoms with van der Waals surface area (Å²) in [4.78, 5) is 21.1. The maximum absolute atomic E-state index is 13.0. The Bertz CT molecular complexity index is 946. The SMILES string of the molecule is CN(C)CCCN(C(=O)COc1ccc(F)cc1)c1nc2c(Cl)cccc2s1. The monoisotopic (exact) mass is 421 g/mol. The lowest BCUT2D eigenvalue weighted by Gasteiger charge is -2.21. The zero-order valence-corrected chi connectivity index (χ0v) is 17.3. The first kappa shape index (κ1) is 20.5. The number of fused-ring (bicyclic) bond motifs is 1. The number of amides is 1. The van der Waals surface area contributed by atoms with E-state index in [0.717, 1.165) is 17.7 Å². The molecule has 0 atom stereocenters. The third-order valence-corrected chi connectivity index (χ3v) is 5.40. The molecule has 0 unspecified atom stereocenters. The van der Waals surface area contributed by atoms with E-state index >= 15 is 0 Å². The van der Waals surface area contributed by atoms with Crippen molar-refractivity contribution in [3.8, 4) is 5.75 Å². The molecule has 0 N–H and O–H groups in total. The smallest absolute Gasteiger partial charge is 0.266 e. The van der Waals surface area contributed by atoms with Crippen LogP contribution in [0.5, 0.6) is 5.75 Å². The number of thiazole rings is 1. The number of carbonyl (C=O) groups is 1. The van der Waals surface area contributed by atoms with Crippen LogP contribution in [-0.2, 0) is 4.79 Å². The highest BCUT2D eigenvalue weighted by molar-refractivity contribution is 7.22. The summed E-state index contributed by atoms with van der Waals surface area (Å²) in [6.45, 7) is 1.20. The molecule has 0 fully saturated rings. The molecule has 3 rings (SSSR count). The van der Waals surface area contributed by atoms with Gasteiger partial charge in [-0.25, -0.2) is 9.37 Å². The summed E-state index contributed by atoms with van der Waals surface area (Å²) < 4.78 is 19.5. The number of hydrogen-bond donors (Lipinski definition) is 0. The Morgan fingerprint density at radius 2 is 1.93 bits per heavy atom. The molecule has 3 aromatic rings. The molecule has 0 saturated carbocycles. The minimum Gasteiger partial charge on any atom is -0.484 e. The van der Waals surface area contributed by atoms with Crippen LogP contribution in [0.15, 0.2) is 42.5 Å². The fraction of sp³-hybridized carbons (Fsp3) is 0.300. The number of halogens is 2. The van der Waals surface area contributed by atoms with Gasteiger partial charge in [0, 0.05) is 6.54 Å². The van der Waals surface area contributed by atoms with Crippen LogP contribution in [-0.4, -0.2) is 49.6 Å². The summed E-state index contributed by atoms with van der Waals surface area (Å²) in [5.74, 6) is -0.121. The molecule has 0 saturated heterocycles. The summed E-state index contributed by atoms with van der Waals surface area (Å²) >= 11 is 7.65. The van der Waals surface area contributed by atoms with Gasteiger partial charge in [-0.3, -0.25) is 9.69 Å². The van der Waals surface area contributed by atoms with Crippen molar-refractivity contribution in [2.75, 3.05) is 38.7 Å². The molecular formula is C20H21ClFN3O2S. The Hall–Kier alpha value is -2.22. The maximum Gasteiger partial charge on any atom is 0.266 e. The number of para-hydroxylation sites is 1. The van der Waals surface area contributed by atoms with Crippen LogP contribution in [0.25, 0.3) is 10.2 Å². The van der Waals surface area contributed by atoms with Crippen LogP contribution in [0.4, 0.5) is 9.52 Å². The van der Waals surface area contributed by atoms with Crippen molar-refractivity contribution in [1.29, 1.82) is 0 Å². The molecule has 1 aromatic heterocycles. The number of hydrogen-bond acceptors (Lipinski definition) is 5. The van der Waals surface area contributed by atoms with E-state index < -0.39 is 0 Å². The van der Waals surface area contributed by atoms with Gasteiger partial charge in [0.25, 0.3) is 5.91 Å². The van der Waals surface area contributed by atoms with Gasteiger partial charge in [-0.1, -0.05) is 29.0 Å². The van der Waals surface area contributed by atoms with Gasteiger partial charge >= 0.3 is 0 Å². The molecule has 2 aromatic carbocycles. The fourth-order valence-corrected chi connectivity index (χ4v) is 3.95. The van der Waals surface area contributed by atoms with Crippen LogP contribution >= 0.6 is 22.9 Å². The summed E-state index contributed by atoms with van der Waals surface area (Å²) in [5.41, 5.74) is 0.689. The normalized spacial score (nSPS) is 11.2. The summed E-state index contributed by atoms with van der Waals surface area (Å²) in [6, 6.07) is 11.2. The van der Waals surface area contributed by atoms with Gasteiger partial charge in [0.15, 0.2) is 11.7 Å². The topological polar surface area (TPSA) is 45.7 Å². The zero-order valence-electron chi connectivity index (χ0n) is 15.7. The van der Waals surface area contributed by atoms with Crippen LogP contribution in [0.2, 0.25) is 5.02 Å². The molecule has 8 heteroatoms. The van der Waals surface area contributed by atoms with Gasteiger partial charge in [0.1, 0.15) is 17.1 Å². The summed E-state index contributed by atoms with van der Waals surface area (Å²) in [5, 5.41) is 1.15. The molecule has 1 amide bonds. The van der Waals surface area contributed by atoms with Crippen molar-refractivity contribution in [2.24, 2.45) is 0 Å². The first-order valence-corrected chi connectivity index (χ1v) is 10.0. The third kappa shape index (κ3) is 5.19. The second-order valence-electron chi connectivity index (χ2n) is 6.53. The van der Waals surface area contributed by atoms with E-state index in [9.17, 15) is 9.18 Å². The van der Waals surface area contributed by atoms with Gasteiger partial charge in [-0.05, 0) is 63.5 Å². The largest absolute Gasteiger partial charge is 0.484 e. The molecule has 5 nitrogen and oxygen atoms in total. The first-order chi connectivity index (χ1) is 13.4. The lowest BCUT2D eigenvalue weighted by atomic mass is 10.3. The van der Waals surface area contributed by atoms with Crippen LogP contribution in [0.1, 0.15) is 6.42 Å². The number of aromatic nitrogens is 1. The average Bonchev–Trinajstić information content (AvgIpc) is 3.09. The number of anilines is 1. The highest BCUT2D eigenvalue weighted by atomic mass is 35.5. The number of rotatable bonds is 8. The van der Waals surface area contributed by atoms with Gasteiger partial charge in [0.05, 0.1) is 9.72 Å². The Morgan fingerprint density at radius 3 is 2.61 bits per heavy atom. The molecule has 0 aliphatic carbocycles. The lowest BCUT2D eigenvalue weighted by Crippen LogP contribution is -2.36. The molecule has 148 valence electrons. The third-order valence-electron chi connectivity index (χ3n) is 4.05. The minimum absolute atomic E-state index is 0.156. The summed E-state index contributed by atoms with van der Waals surface area (Å²) in [7, 11) is 3.97. The molecule has 0 radical (unpaired) electrons. The Morgan fingerprint density at radius 1 is 1.18 bits per heavy atom. The van der Waals surface area contributed by atoms with Crippen LogP contribution in [0, 0.1) is 5.82 Å².